The van der Waals surface area contributed by atoms with Crippen molar-refractivity contribution in [1.29, 1.82) is 5.26 Å². The molecule has 1 aromatic heterocycles. The largest absolute Gasteiger partial charge is 0.495 e. The maximum Gasteiger partial charge on any atom is 0.267 e. The summed E-state index contributed by atoms with van der Waals surface area (Å²) in [5.74, 6) is 0.931. The highest BCUT2D eigenvalue weighted by molar-refractivity contribution is 7.12. The van der Waals surface area contributed by atoms with E-state index >= 15 is 0 Å². The molecule has 4 nitrogen and oxygen atoms in total. The molecule has 0 aromatic carbocycles. The minimum Gasteiger partial charge on any atom is -0.495 e. The van der Waals surface area contributed by atoms with Gasteiger partial charge in [0.25, 0.3) is 5.91 Å². The zero-order valence-electron chi connectivity index (χ0n) is 11.0. The molecule has 18 heavy (non-hydrogen) atoms. The van der Waals surface area contributed by atoms with Crippen LogP contribution in [0.2, 0.25) is 0 Å². The molecule has 0 fully saturated rings. The van der Waals surface area contributed by atoms with Gasteiger partial charge in [-0.1, -0.05) is 13.8 Å². The van der Waals surface area contributed by atoms with E-state index in [2.05, 4.69) is 19.9 Å². The standard InChI is InChI=1S/C13H18N2O2S/c1-10(2)9-15(7-4-6-14)13(16)12-11(17-3)5-8-18-12/h5,8,10H,4,7,9H2,1-3H3. The van der Waals surface area contributed by atoms with E-state index in [1.165, 1.54) is 11.3 Å². The van der Waals surface area contributed by atoms with Crippen molar-refractivity contribution < 1.29 is 9.53 Å². The Labute approximate surface area is 112 Å². The lowest BCUT2D eigenvalue weighted by molar-refractivity contribution is 0.0742. The predicted molar refractivity (Wildman–Crippen MR) is 71.8 cm³/mol. The number of carbonyl (C=O) groups is 1. The van der Waals surface area contributed by atoms with E-state index in [0.29, 0.717) is 36.1 Å². The molecular weight excluding hydrogens is 248 g/mol. The number of carbonyl (C=O) groups excluding carboxylic acids is 1. The highest BCUT2D eigenvalue weighted by Crippen LogP contribution is 2.26. The molecule has 0 saturated heterocycles. The number of hydrogen-bond acceptors (Lipinski definition) is 4. The van der Waals surface area contributed by atoms with Crippen molar-refractivity contribution in [3.8, 4) is 11.8 Å². The molecule has 0 spiro atoms. The minimum atomic E-state index is -0.0502. The Morgan fingerprint density at radius 1 is 1.61 bits per heavy atom. The third-order valence-corrected chi connectivity index (χ3v) is 3.29. The van der Waals surface area contributed by atoms with Gasteiger partial charge in [-0.3, -0.25) is 4.79 Å². The van der Waals surface area contributed by atoms with Crippen molar-refractivity contribution >= 4 is 17.2 Å². The summed E-state index contributed by atoms with van der Waals surface area (Å²) in [5.41, 5.74) is 0. The van der Waals surface area contributed by atoms with E-state index < -0.39 is 0 Å². The molecule has 0 aliphatic heterocycles. The van der Waals surface area contributed by atoms with Crippen molar-refractivity contribution in [2.45, 2.75) is 20.3 Å². The average Bonchev–Trinajstić information content (AvgIpc) is 2.81. The van der Waals surface area contributed by atoms with Crippen molar-refractivity contribution in [2.24, 2.45) is 5.92 Å². The van der Waals surface area contributed by atoms with E-state index in [9.17, 15) is 4.79 Å². The van der Waals surface area contributed by atoms with Crippen LogP contribution in [0.15, 0.2) is 11.4 Å². The Kier molecular flexibility index (Phi) is 5.66. The quantitative estimate of drug-likeness (QED) is 0.795. The van der Waals surface area contributed by atoms with Crippen molar-refractivity contribution in [1.82, 2.24) is 4.90 Å². The van der Waals surface area contributed by atoms with E-state index in [4.69, 9.17) is 10.00 Å². The second kappa shape index (κ2) is 7.02. The van der Waals surface area contributed by atoms with Crippen LogP contribution in [0.4, 0.5) is 0 Å². The van der Waals surface area contributed by atoms with Gasteiger partial charge in [-0.15, -0.1) is 11.3 Å². The zero-order chi connectivity index (χ0) is 13.5. The first-order valence-corrected chi connectivity index (χ1v) is 6.75. The molecule has 1 aromatic rings. The predicted octanol–water partition coefficient (Wildman–Crippen LogP) is 2.77. The highest BCUT2D eigenvalue weighted by atomic mass is 32.1. The molecule has 0 aliphatic carbocycles. The van der Waals surface area contributed by atoms with Crippen molar-refractivity contribution in [3.05, 3.63) is 16.3 Å². The topological polar surface area (TPSA) is 53.3 Å². The summed E-state index contributed by atoms with van der Waals surface area (Å²) in [7, 11) is 1.56. The van der Waals surface area contributed by atoms with Gasteiger partial charge >= 0.3 is 0 Å². The van der Waals surface area contributed by atoms with E-state index in [1.807, 2.05) is 5.38 Å². The van der Waals surface area contributed by atoms with Crippen LogP contribution in [0, 0.1) is 17.2 Å². The monoisotopic (exact) mass is 266 g/mol. The molecule has 1 rings (SSSR count). The molecule has 98 valence electrons. The van der Waals surface area contributed by atoms with Crippen LogP contribution >= 0.6 is 11.3 Å². The summed E-state index contributed by atoms with van der Waals surface area (Å²) in [6.45, 7) is 5.23. The van der Waals surface area contributed by atoms with Gasteiger partial charge in [0.1, 0.15) is 10.6 Å². The number of rotatable bonds is 6. The number of nitriles is 1. The summed E-state index contributed by atoms with van der Waals surface area (Å²) in [6, 6.07) is 3.87. The van der Waals surface area contributed by atoms with Crippen LogP contribution in [0.5, 0.6) is 5.75 Å². The molecule has 1 amide bonds. The zero-order valence-corrected chi connectivity index (χ0v) is 11.8. The van der Waals surface area contributed by atoms with Gasteiger partial charge in [0.05, 0.1) is 19.6 Å². The van der Waals surface area contributed by atoms with Crippen molar-refractivity contribution in [3.63, 3.8) is 0 Å². The van der Waals surface area contributed by atoms with Gasteiger partial charge in [0.15, 0.2) is 0 Å². The lowest BCUT2D eigenvalue weighted by Crippen LogP contribution is -2.34. The average molecular weight is 266 g/mol. The molecule has 0 radical (unpaired) electrons. The summed E-state index contributed by atoms with van der Waals surface area (Å²) in [6.07, 6.45) is 0.353. The van der Waals surface area contributed by atoms with E-state index in [-0.39, 0.29) is 5.91 Å². The first-order valence-electron chi connectivity index (χ1n) is 5.87. The van der Waals surface area contributed by atoms with Crippen molar-refractivity contribution in [2.75, 3.05) is 20.2 Å². The molecule has 0 bridgehead atoms. The third-order valence-electron chi connectivity index (χ3n) is 2.41. The Morgan fingerprint density at radius 2 is 2.33 bits per heavy atom. The normalized spacial score (nSPS) is 10.2. The van der Waals surface area contributed by atoms with Gasteiger partial charge in [0.2, 0.25) is 0 Å². The second-order valence-corrected chi connectivity index (χ2v) is 5.29. The molecule has 0 unspecified atom stereocenters. The van der Waals surface area contributed by atoms with Gasteiger partial charge < -0.3 is 9.64 Å². The van der Waals surface area contributed by atoms with Crippen LogP contribution in [0.1, 0.15) is 29.9 Å². The fourth-order valence-corrected chi connectivity index (χ4v) is 2.48. The molecular formula is C13H18N2O2S. The molecule has 0 saturated carbocycles. The fraction of sp³-hybridized carbons (Fsp3) is 0.538. The molecule has 1 heterocycles. The van der Waals surface area contributed by atoms with Crippen LogP contribution in [-0.4, -0.2) is 31.0 Å². The molecule has 0 N–H and O–H groups in total. The SMILES string of the molecule is COc1ccsc1C(=O)N(CCC#N)CC(C)C. The van der Waals surface area contributed by atoms with Crippen LogP contribution < -0.4 is 4.74 Å². The maximum absolute atomic E-state index is 12.4. The number of hydrogen-bond donors (Lipinski definition) is 0. The van der Waals surface area contributed by atoms with Gasteiger partial charge in [0, 0.05) is 13.1 Å². The fourth-order valence-electron chi connectivity index (χ4n) is 1.66. The van der Waals surface area contributed by atoms with Gasteiger partial charge in [-0.2, -0.15) is 5.26 Å². The van der Waals surface area contributed by atoms with E-state index in [1.54, 1.807) is 18.1 Å². The molecule has 5 heteroatoms. The van der Waals surface area contributed by atoms with Crippen LogP contribution in [0.3, 0.4) is 0 Å². The summed E-state index contributed by atoms with van der Waals surface area (Å²) in [5, 5.41) is 10.5. The smallest absolute Gasteiger partial charge is 0.267 e. The number of thiophene rings is 1. The third kappa shape index (κ3) is 3.74. The first kappa shape index (κ1) is 14.5. The Balaban J connectivity index is 2.84. The summed E-state index contributed by atoms with van der Waals surface area (Å²) < 4.78 is 5.16. The van der Waals surface area contributed by atoms with Gasteiger partial charge in [-0.05, 0) is 17.4 Å². The number of nitrogens with zero attached hydrogens (tertiary/aromatic N) is 2. The first-order chi connectivity index (χ1) is 8.60. The summed E-state index contributed by atoms with van der Waals surface area (Å²) in [4.78, 5) is 14.7. The molecule has 0 atom stereocenters. The summed E-state index contributed by atoms with van der Waals surface area (Å²) >= 11 is 1.37. The number of ether oxygens (including phenoxy) is 1. The van der Waals surface area contributed by atoms with Gasteiger partial charge in [-0.25, -0.2) is 0 Å². The second-order valence-electron chi connectivity index (χ2n) is 4.37. The van der Waals surface area contributed by atoms with E-state index in [0.717, 1.165) is 0 Å². The Bertz CT molecular complexity index is 434. The Hall–Kier alpha value is -1.54. The number of methoxy groups -OCH3 is 1. The lowest BCUT2D eigenvalue weighted by Gasteiger charge is -2.23. The molecule has 0 aliphatic rings. The minimum absolute atomic E-state index is 0.0502. The highest BCUT2D eigenvalue weighted by Gasteiger charge is 2.21. The maximum atomic E-state index is 12.4. The van der Waals surface area contributed by atoms with Crippen LogP contribution in [0.25, 0.3) is 0 Å². The number of amides is 1. The Morgan fingerprint density at radius 3 is 2.89 bits per heavy atom. The lowest BCUT2D eigenvalue weighted by atomic mass is 10.2. The van der Waals surface area contributed by atoms with Crippen LogP contribution in [-0.2, 0) is 0 Å².